The topological polar surface area (TPSA) is 88.8 Å². The molecule has 0 aliphatic carbocycles. The molecular weight excluding hydrogens is 375 g/mol. The van der Waals surface area contributed by atoms with Crippen LogP contribution in [0.2, 0.25) is 0 Å². The Labute approximate surface area is 166 Å². The van der Waals surface area contributed by atoms with Crippen molar-refractivity contribution in [1.29, 1.82) is 0 Å². The first-order valence-electron chi connectivity index (χ1n) is 8.69. The summed E-state index contributed by atoms with van der Waals surface area (Å²) in [5, 5.41) is 19.8. The molecule has 4 aromatic rings. The summed E-state index contributed by atoms with van der Waals surface area (Å²) < 4.78 is 20.3. The van der Waals surface area contributed by atoms with E-state index in [0.717, 1.165) is 11.4 Å². The Morgan fingerprint density at radius 1 is 1.07 bits per heavy atom. The van der Waals surface area contributed by atoms with E-state index in [4.69, 9.17) is 9.84 Å². The highest BCUT2D eigenvalue weighted by molar-refractivity contribution is 5.94. The van der Waals surface area contributed by atoms with Gasteiger partial charge in [-0.2, -0.15) is 0 Å². The Balaban J connectivity index is 0.000000204. The van der Waals surface area contributed by atoms with Crippen molar-refractivity contribution in [1.82, 2.24) is 14.6 Å². The van der Waals surface area contributed by atoms with E-state index in [-0.39, 0.29) is 22.6 Å². The first kappa shape index (κ1) is 19.8. The van der Waals surface area contributed by atoms with Crippen molar-refractivity contribution in [3.63, 3.8) is 0 Å². The summed E-state index contributed by atoms with van der Waals surface area (Å²) in [7, 11) is 3.54. The van der Waals surface area contributed by atoms with Crippen LogP contribution in [-0.4, -0.2) is 39.8 Å². The molecule has 0 aliphatic rings. The number of hydrogen-bond acceptors (Lipinski definition) is 5. The highest BCUT2D eigenvalue weighted by atomic mass is 19.1. The Hall–Kier alpha value is -3.94. The van der Waals surface area contributed by atoms with Gasteiger partial charge in [-0.15, -0.1) is 10.2 Å². The van der Waals surface area contributed by atoms with E-state index < -0.39 is 11.8 Å². The van der Waals surface area contributed by atoms with Gasteiger partial charge in [-0.3, -0.25) is 4.40 Å². The highest BCUT2D eigenvalue weighted by Crippen LogP contribution is 2.23. The standard InChI is InChI=1S/C13H8FN3O2.C8H11NO/c14-10-6-2-1-4-8(10)11-15-16-12-9(13(18)19)5-3-7-17(11)12;1-9-7-5-3-4-6-8(7)10-2/h1-7H,(H,18,19);3-6,9H,1-2H3. The largest absolute Gasteiger partial charge is 0.495 e. The maximum atomic E-state index is 13.7. The van der Waals surface area contributed by atoms with Crippen molar-refractivity contribution in [2.45, 2.75) is 0 Å². The fourth-order valence-corrected chi connectivity index (χ4v) is 2.76. The maximum Gasteiger partial charge on any atom is 0.339 e. The van der Waals surface area contributed by atoms with Gasteiger partial charge in [0.25, 0.3) is 0 Å². The minimum atomic E-state index is -1.10. The van der Waals surface area contributed by atoms with Crippen molar-refractivity contribution in [2.24, 2.45) is 0 Å². The van der Waals surface area contributed by atoms with Gasteiger partial charge < -0.3 is 15.2 Å². The Morgan fingerprint density at radius 2 is 1.79 bits per heavy atom. The normalized spacial score (nSPS) is 10.2. The van der Waals surface area contributed by atoms with Crippen molar-refractivity contribution < 1.29 is 19.0 Å². The number of aromatic carboxylic acids is 1. The number of pyridine rings is 1. The number of carboxylic acids is 1. The Morgan fingerprint density at radius 3 is 2.45 bits per heavy atom. The third-order valence-corrected chi connectivity index (χ3v) is 4.16. The lowest BCUT2D eigenvalue weighted by molar-refractivity contribution is 0.0698. The van der Waals surface area contributed by atoms with Gasteiger partial charge in [0.1, 0.15) is 17.1 Å². The van der Waals surface area contributed by atoms with Gasteiger partial charge in [0.15, 0.2) is 11.5 Å². The van der Waals surface area contributed by atoms with Gasteiger partial charge in [-0.25, -0.2) is 9.18 Å². The van der Waals surface area contributed by atoms with Crippen molar-refractivity contribution in [2.75, 3.05) is 19.5 Å². The third-order valence-electron chi connectivity index (χ3n) is 4.16. The molecule has 0 saturated carbocycles. The number of carboxylic acid groups (broad SMARTS) is 1. The van der Waals surface area contributed by atoms with Crippen molar-refractivity contribution in [3.8, 4) is 17.1 Å². The summed E-state index contributed by atoms with van der Waals surface area (Å²) >= 11 is 0. The number of halogens is 1. The molecule has 4 rings (SSSR count). The maximum absolute atomic E-state index is 13.7. The lowest BCUT2D eigenvalue weighted by atomic mass is 10.2. The molecule has 0 fully saturated rings. The first-order valence-corrected chi connectivity index (χ1v) is 8.69. The molecule has 2 aromatic heterocycles. The monoisotopic (exact) mass is 394 g/mol. The van der Waals surface area contributed by atoms with E-state index in [1.54, 1.807) is 37.6 Å². The average Bonchev–Trinajstić information content (AvgIpc) is 3.18. The summed E-state index contributed by atoms with van der Waals surface area (Å²) in [5.41, 5.74) is 1.51. The molecule has 2 heterocycles. The lowest BCUT2D eigenvalue weighted by Crippen LogP contribution is -2.01. The summed E-state index contributed by atoms with van der Waals surface area (Å²) in [6.07, 6.45) is 1.60. The molecule has 2 N–H and O–H groups in total. The molecule has 0 spiro atoms. The number of methoxy groups -OCH3 is 1. The predicted octanol–water partition coefficient (Wildman–Crippen LogP) is 3.97. The second kappa shape index (κ2) is 8.83. The smallest absolute Gasteiger partial charge is 0.339 e. The van der Waals surface area contributed by atoms with Crippen LogP contribution in [0.5, 0.6) is 5.75 Å². The zero-order valence-corrected chi connectivity index (χ0v) is 15.8. The minimum Gasteiger partial charge on any atom is -0.495 e. The highest BCUT2D eigenvalue weighted by Gasteiger charge is 2.16. The number of aromatic nitrogens is 3. The van der Waals surface area contributed by atoms with Crippen molar-refractivity contribution >= 4 is 17.3 Å². The molecule has 0 bridgehead atoms. The van der Waals surface area contributed by atoms with Gasteiger partial charge in [-0.05, 0) is 36.4 Å². The fourth-order valence-electron chi connectivity index (χ4n) is 2.76. The van der Waals surface area contributed by atoms with Crippen LogP contribution in [0.3, 0.4) is 0 Å². The summed E-state index contributed by atoms with van der Waals surface area (Å²) in [4.78, 5) is 11.1. The van der Waals surface area contributed by atoms with Crippen LogP contribution in [-0.2, 0) is 0 Å². The number of anilines is 1. The van der Waals surface area contributed by atoms with Gasteiger partial charge in [0.05, 0.1) is 18.4 Å². The van der Waals surface area contributed by atoms with E-state index in [2.05, 4.69) is 15.5 Å². The number of hydrogen-bond donors (Lipinski definition) is 2. The SMILES string of the molecule is CNc1ccccc1OC.O=C(O)c1cccn2c(-c3ccccc3F)nnc12. The number of fused-ring (bicyclic) bond motifs is 1. The summed E-state index contributed by atoms with van der Waals surface area (Å²) in [6.45, 7) is 0. The van der Waals surface area contributed by atoms with Crippen LogP contribution >= 0.6 is 0 Å². The van der Waals surface area contributed by atoms with Crippen LogP contribution in [0.4, 0.5) is 10.1 Å². The molecule has 7 nitrogen and oxygen atoms in total. The quantitative estimate of drug-likeness (QED) is 0.544. The summed E-state index contributed by atoms with van der Waals surface area (Å²) in [5.74, 6) is -0.378. The second-order valence-electron chi connectivity index (χ2n) is 5.87. The molecule has 0 unspecified atom stereocenters. The number of carbonyl (C=O) groups is 1. The average molecular weight is 394 g/mol. The number of rotatable bonds is 4. The molecule has 0 aliphatic heterocycles. The number of para-hydroxylation sites is 2. The van der Waals surface area contributed by atoms with Crippen LogP contribution in [0, 0.1) is 5.82 Å². The Kier molecular flexibility index (Phi) is 6.03. The van der Waals surface area contributed by atoms with E-state index in [1.165, 1.54) is 16.5 Å². The molecular formula is C21H19FN4O3. The number of benzene rings is 2. The molecule has 0 atom stereocenters. The van der Waals surface area contributed by atoms with Gasteiger partial charge in [0, 0.05) is 13.2 Å². The van der Waals surface area contributed by atoms with E-state index in [1.807, 2.05) is 31.3 Å². The van der Waals surface area contributed by atoms with Crippen LogP contribution in [0.25, 0.3) is 17.0 Å². The van der Waals surface area contributed by atoms with Gasteiger partial charge >= 0.3 is 5.97 Å². The number of ether oxygens (including phenoxy) is 1. The lowest BCUT2D eigenvalue weighted by Gasteiger charge is -2.05. The number of nitrogens with one attached hydrogen (secondary N) is 1. The number of nitrogens with zero attached hydrogens (tertiary/aromatic N) is 3. The van der Waals surface area contributed by atoms with E-state index in [0.29, 0.717) is 0 Å². The molecule has 0 radical (unpaired) electrons. The van der Waals surface area contributed by atoms with E-state index >= 15 is 0 Å². The van der Waals surface area contributed by atoms with Gasteiger partial charge in [0.2, 0.25) is 0 Å². The molecule has 0 saturated heterocycles. The summed E-state index contributed by atoms with van der Waals surface area (Å²) in [6, 6.07) is 16.9. The van der Waals surface area contributed by atoms with E-state index in [9.17, 15) is 9.18 Å². The third kappa shape index (κ3) is 4.16. The fraction of sp³-hybridized carbons (Fsp3) is 0.0952. The molecule has 148 valence electrons. The molecule has 2 aromatic carbocycles. The molecule has 29 heavy (non-hydrogen) atoms. The van der Waals surface area contributed by atoms with Crippen LogP contribution < -0.4 is 10.1 Å². The molecule has 0 amide bonds. The van der Waals surface area contributed by atoms with Gasteiger partial charge in [-0.1, -0.05) is 24.3 Å². The first-order chi connectivity index (χ1) is 14.1. The zero-order chi connectivity index (χ0) is 20.8. The van der Waals surface area contributed by atoms with Crippen LogP contribution in [0.15, 0.2) is 66.9 Å². The zero-order valence-electron chi connectivity index (χ0n) is 15.8. The minimum absolute atomic E-state index is 0.0255. The van der Waals surface area contributed by atoms with Crippen molar-refractivity contribution in [3.05, 3.63) is 78.2 Å². The molecule has 8 heteroatoms. The van der Waals surface area contributed by atoms with Crippen LogP contribution in [0.1, 0.15) is 10.4 Å². The Bertz CT molecular complexity index is 1120. The second-order valence-corrected chi connectivity index (χ2v) is 5.87. The predicted molar refractivity (Wildman–Crippen MR) is 108 cm³/mol.